The van der Waals surface area contributed by atoms with Gasteiger partial charge in [0.05, 0.1) is 30.3 Å². The van der Waals surface area contributed by atoms with E-state index in [0.717, 1.165) is 52.0 Å². The molecular formula is C22H34N6. The van der Waals surface area contributed by atoms with Crippen LogP contribution in [0.15, 0.2) is 25.2 Å². The number of likely N-dealkylation sites (tertiary alicyclic amines) is 1. The molecular weight excluding hydrogens is 348 g/mol. The molecule has 2 aromatic heterocycles. The van der Waals surface area contributed by atoms with Gasteiger partial charge in [-0.1, -0.05) is 19.4 Å². The summed E-state index contributed by atoms with van der Waals surface area (Å²) in [5, 5.41) is 4.52. The Bertz CT molecular complexity index is 796. The smallest absolute Gasteiger partial charge is 0.0926 e. The number of piperidine rings is 1. The minimum Gasteiger partial charge on any atom is -0.348 e. The first-order chi connectivity index (χ1) is 13.7. The van der Waals surface area contributed by atoms with Crippen LogP contribution in [0.2, 0.25) is 0 Å². The molecule has 1 N–H and O–H groups in total. The Kier molecular flexibility index (Phi) is 5.69. The van der Waals surface area contributed by atoms with Crippen LogP contribution in [0, 0.1) is 6.92 Å². The van der Waals surface area contributed by atoms with E-state index >= 15 is 0 Å². The summed E-state index contributed by atoms with van der Waals surface area (Å²) in [5.41, 5.74) is 5.41. The number of imidazole rings is 1. The van der Waals surface area contributed by atoms with Crippen LogP contribution in [0.4, 0.5) is 0 Å². The van der Waals surface area contributed by atoms with Crippen LogP contribution in [0.1, 0.15) is 55.3 Å². The second kappa shape index (κ2) is 8.21. The van der Waals surface area contributed by atoms with Gasteiger partial charge < -0.3 is 4.98 Å². The maximum absolute atomic E-state index is 4.80. The molecule has 0 atom stereocenters. The second-order valence-corrected chi connectivity index (χ2v) is 8.35. The van der Waals surface area contributed by atoms with Crippen LogP contribution >= 0.6 is 0 Å². The molecule has 1 spiro atoms. The Balaban J connectivity index is 1.47. The summed E-state index contributed by atoms with van der Waals surface area (Å²) in [6.07, 6.45) is 11.8. The average Bonchev–Trinajstić information content (AvgIpc) is 3.32. The van der Waals surface area contributed by atoms with Gasteiger partial charge in [0.25, 0.3) is 0 Å². The quantitative estimate of drug-likeness (QED) is 0.747. The lowest BCUT2D eigenvalue weighted by Crippen LogP contribution is -2.56. The molecule has 2 aliphatic rings. The van der Waals surface area contributed by atoms with Gasteiger partial charge in [-0.3, -0.25) is 14.5 Å². The summed E-state index contributed by atoms with van der Waals surface area (Å²) in [5.74, 6) is 0. The van der Waals surface area contributed by atoms with Crippen molar-refractivity contribution in [3.05, 3.63) is 47.8 Å². The van der Waals surface area contributed by atoms with Crippen molar-refractivity contribution in [1.82, 2.24) is 29.5 Å². The highest BCUT2D eigenvalue weighted by Crippen LogP contribution is 2.42. The van der Waals surface area contributed by atoms with Gasteiger partial charge in [0.15, 0.2) is 0 Å². The number of H-pyrrole nitrogens is 1. The average molecular weight is 383 g/mol. The van der Waals surface area contributed by atoms with Crippen molar-refractivity contribution in [3.63, 3.8) is 0 Å². The van der Waals surface area contributed by atoms with Crippen LogP contribution in [-0.4, -0.2) is 55.7 Å². The van der Waals surface area contributed by atoms with Crippen molar-refractivity contribution in [1.29, 1.82) is 0 Å². The SMILES string of the molecule is C=CCn1ncc(CN2CCC3(CC2)c2nc[nH]c2CCN3CCCC)c1C. The lowest BCUT2D eigenvalue weighted by atomic mass is 9.78. The number of hydrogen-bond donors (Lipinski definition) is 1. The molecule has 0 radical (unpaired) electrons. The minimum absolute atomic E-state index is 0.126. The molecule has 0 aliphatic carbocycles. The fraction of sp³-hybridized carbons (Fsp3) is 0.636. The normalized spacial score (nSPS) is 19.8. The molecule has 0 saturated carbocycles. The van der Waals surface area contributed by atoms with Crippen LogP contribution in [-0.2, 0) is 25.0 Å². The number of aromatic amines is 1. The number of fused-ring (bicyclic) bond motifs is 2. The van der Waals surface area contributed by atoms with Gasteiger partial charge in [-0.15, -0.1) is 6.58 Å². The predicted molar refractivity (Wildman–Crippen MR) is 112 cm³/mol. The van der Waals surface area contributed by atoms with Crippen LogP contribution in [0.25, 0.3) is 0 Å². The van der Waals surface area contributed by atoms with Crippen LogP contribution < -0.4 is 0 Å². The van der Waals surface area contributed by atoms with Crippen molar-refractivity contribution in [2.45, 2.75) is 64.6 Å². The molecule has 2 aliphatic heterocycles. The number of unbranched alkanes of at least 4 members (excludes halogenated alkanes) is 1. The number of nitrogens with one attached hydrogen (secondary N) is 1. The lowest BCUT2D eigenvalue weighted by molar-refractivity contribution is 0.00261. The highest BCUT2D eigenvalue weighted by molar-refractivity contribution is 5.27. The fourth-order valence-electron chi connectivity index (χ4n) is 5.02. The molecule has 152 valence electrons. The number of nitrogens with zero attached hydrogens (tertiary/aromatic N) is 5. The summed E-state index contributed by atoms with van der Waals surface area (Å²) >= 11 is 0. The van der Waals surface area contributed by atoms with E-state index in [1.807, 2.05) is 23.3 Å². The van der Waals surface area contributed by atoms with E-state index in [1.54, 1.807) is 0 Å². The van der Waals surface area contributed by atoms with E-state index in [-0.39, 0.29) is 5.54 Å². The fourth-order valence-corrected chi connectivity index (χ4v) is 5.02. The molecule has 0 unspecified atom stereocenters. The van der Waals surface area contributed by atoms with E-state index in [9.17, 15) is 0 Å². The topological polar surface area (TPSA) is 53.0 Å². The molecule has 1 saturated heterocycles. The molecule has 6 heteroatoms. The maximum Gasteiger partial charge on any atom is 0.0926 e. The Morgan fingerprint density at radius 1 is 1.29 bits per heavy atom. The number of aromatic nitrogens is 4. The second-order valence-electron chi connectivity index (χ2n) is 8.35. The molecule has 4 rings (SSSR count). The zero-order valence-corrected chi connectivity index (χ0v) is 17.5. The lowest BCUT2D eigenvalue weighted by Gasteiger charge is -2.50. The largest absolute Gasteiger partial charge is 0.348 e. The Morgan fingerprint density at radius 3 is 2.86 bits per heavy atom. The minimum atomic E-state index is 0.126. The van der Waals surface area contributed by atoms with Gasteiger partial charge in [-0.2, -0.15) is 5.10 Å². The highest BCUT2D eigenvalue weighted by atomic mass is 15.3. The molecule has 2 aromatic rings. The summed E-state index contributed by atoms with van der Waals surface area (Å²) in [6, 6.07) is 0. The van der Waals surface area contributed by atoms with E-state index < -0.39 is 0 Å². The Hall–Kier alpha value is -1.92. The van der Waals surface area contributed by atoms with E-state index in [2.05, 4.69) is 40.3 Å². The third-order valence-electron chi connectivity index (χ3n) is 6.76. The summed E-state index contributed by atoms with van der Waals surface area (Å²) < 4.78 is 2.04. The molecule has 0 aromatic carbocycles. The van der Waals surface area contributed by atoms with Crippen LogP contribution in [0.3, 0.4) is 0 Å². The van der Waals surface area contributed by atoms with Crippen molar-refractivity contribution < 1.29 is 0 Å². The number of rotatable bonds is 7. The van der Waals surface area contributed by atoms with E-state index in [1.165, 1.54) is 42.0 Å². The molecule has 0 amide bonds. The summed E-state index contributed by atoms with van der Waals surface area (Å²) in [7, 11) is 0. The van der Waals surface area contributed by atoms with Crippen molar-refractivity contribution >= 4 is 0 Å². The molecule has 1 fully saturated rings. The van der Waals surface area contributed by atoms with E-state index in [4.69, 9.17) is 4.98 Å². The van der Waals surface area contributed by atoms with Gasteiger partial charge in [0.1, 0.15) is 0 Å². The highest BCUT2D eigenvalue weighted by Gasteiger charge is 2.46. The predicted octanol–water partition coefficient (Wildman–Crippen LogP) is 3.25. The first kappa shape index (κ1) is 19.4. The zero-order valence-electron chi connectivity index (χ0n) is 17.5. The van der Waals surface area contributed by atoms with Crippen molar-refractivity contribution in [2.75, 3.05) is 26.2 Å². The Labute approximate surface area is 168 Å². The number of hydrogen-bond acceptors (Lipinski definition) is 4. The van der Waals surface area contributed by atoms with Crippen molar-refractivity contribution in [3.8, 4) is 0 Å². The summed E-state index contributed by atoms with van der Waals surface area (Å²) in [6.45, 7) is 14.6. The standard InChI is InChI=1S/C22H34N6/c1-4-6-11-27-12-7-20-21(24-17-23-20)22(27)8-13-26(14-9-22)16-19-15-25-28(10-5-2)18(19)3/h5,15,17H,2,4,6-14,16H2,1,3H3,(H,23,24). The third-order valence-corrected chi connectivity index (χ3v) is 6.76. The molecule has 6 nitrogen and oxygen atoms in total. The molecule has 28 heavy (non-hydrogen) atoms. The van der Waals surface area contributed by atoms with Gasteiger partial charge >= 0.3 is 0 Å². The van der Waals surface area contributed by atoms with E-state index in [0.29, 0.717) is 0 Å². The van der Waals surface area contributed by atoms with Crippen LogP contribution in [0.5, 0.6) is 0 Å². The summed E-state index contributed by atoms with van der Waals surface area (Å²) in [4.78, 5) is 13.5. The number of allylic oxidation sites excluding steroid dienone is 1. The first-order valence-corrected chi connectivity index (χ1v) is 10.8. The van der Waals surface area contributed by atoms with Crippen molar-refractivity contribution in [2.24, 2.45) is 0 Å². The molecule has 4 heterocycles. The van der Waals surface area contributed by atoms with Gasteiger partial charge in [0.2, 0.25) is 0 Å². The molecule has 0 bridgehead atoms. The first-order valence-electron chi connectivity index (χ1n) is 10.8. The monoisotopic (exact) mass is 382 g/mol. The Morgan fingerprint density at radius 2 is 2.11 bits per heavy atom. The zero-order chi connectivity index (χ0) is 19.6. The maximum atomic E-state index is 4.80. The van der Waals surface area contributed by atoms with Gasteiger partial charge in [-0.05, 0) is 32.7 Å². The van der Waals surface area contributed by atoms with Gasteiger partial charge in [0, 0.05) is 49.6 Å². The van der Waals surface area contributed by atoms with Gasteiger partial charge in [-0.25, -0.2) is 4.98 Å². The third kappa shape index (κ3) is 3.44.